The third-order valence-electron chi connectivity index (χ3n) is 4.16. The number of guanidine groups is 1. The molecule has 0 amide bonds. The Kier molecular flexibility index (Phi) is 10.2. The predicted molar refractivity (Wildman–Crippen MR) is 134 cm³/mol. The van der Waals surface area contributed by atoms with Crippen LogP contribution in [0.25, 0.3) is 0 Å². The van der Waals surface area contributed by atoms with E-state index < -0.39 is 0 Å². The number of benzene rings is 1. The number of ether oxygens (including phenoxy) is 2. The number of furan rings is 1. The van der Waals surface area contributed by atoms with E-state index in [1.807, 2.05) is 62.4 Å². The maximum Gasteiger partial charge on any atom is 0.213 e. The summed E-state index contributed by atoms with van der Waals surface area (Å²) in [7, 11) is 1.60. The predicted octanol–water partition coefficient (Wildman–Crippen LogP) is 4.89. The van der Waals surface area contributed by atoms with Crippen LogP contribution in [0.15, 0.2) is 70.4 Å². The van der Waals surface area contributed by atoms with Crippen LogP contribution in [0.5, 0.6) is 11.6 Å². The Hall–Kier alpha value is -2.75. The van der Waals surface area contributed by atoms with Gasteiger partial charge in [0, 0.05) is 30.9 Å². The maximum atomic E-state index is 5.71. The zero-order valence-electron chi connectivity index (χ0n) is 18.0. The third kappa shape index (κ3) is 8.49. The highest BCUT2D eigenvalue weighted by Gasteiger charge is 2.04. The van der Waals surface area contributed by atoms with Crippen molar-refractivity contribution in [1.82, 2.24) is 10.3 Å². The molecule has 0 aliphatic carbocycles. The molecule has 166 valence electrons. The zero-order chi connectivity index (χ0) is 21.2. The van der Waals surface area contributed by atoms with Gasteiger partial charge in [-0.2, -0.15) is 0 Å². The normalized spacial score (nSPS) is 11.0. The van der Waals surface area contributed by atoms with E-state index in [0.717, 1.165) is 29.2 Å². The van der Waals surface area contributed by atoms with Gasteiger partial charge in [0.15, 0.2) is 5.96 Å². The molecule has 0 unspecified atom stereocenters. The number of hydrogen-bond donors (Lipinski definition) is 2. The number of nitrogens with zero attached hydrogens (tertiary/aromatic N) is 2. The largest absolute Gasteiger partial charge is 0.491 e. The molecule has 0 bridgehead atoms. The van der Waals surface area contributed by atoms with Crippen LogP contribution in [0.4, 0.5) is 5.69 Å². The molecule has 0 fully saturated rings. The Morgan fingerprint density at radius 2 is 1.97 bits per heavy atom. The number of methoxy groups -OCH3 is 1. The van der Waals surface area contributed by atoms with Crippen LogP contribution in [-0.2, 0) is 13.0 Å². The van der Waals surface area contributed by atoms with Crippen LogP contribution >= 0.6 is 24.0 Å². The van der Waals surface area contributed by atoms with Gasteiger partial charge in [0.05, 0.1) is 26.0 Å². The van der Waals surface area contributed by atoms with Crippen LogP contribution < -0.4 is 20.1 Å². The first-order valence-corrected chi connectivity index (χ1v) is 9.96. The lowest BCUT2D eigenvalue weighted by molar-refractivity contribution is 0.242. The molecule has 0 saturated carbocycles. The van der Waals surface area contributed by atoms with Crippen LogP contribution in [0, 0.1) is 0 Å². The molecular weight excluding hydrogens is 507 g/mol. The summed E-state index contributed by atoms with van der Waals surface area (Å²) in [5.74, 6) is 3.01. The molecule has 0 saturated heterocycles. The van der Waals surface area contributed by atoms with Gasteiger partial charge in [-0.1, -0.05) is 0 Å². The topological polar surface area (TPSA) is 80.9 Å². The molecule has 3 rings (SSSR count). The zero-order valence-corrected chi connectivity index (χ0v) is 20.3. The first kappa shape index (κ1) is 24.5. The number of aliphatic imine (C=N–C) groups is 1. The summed E-state index contributed by atoms with van der Waals surface area (Å²) in [6.45, 7) is 5.19. The fourth-order valence-electron chi connectivity index (χ4n) is 2.76. The molecule has 0 spiro atoms. The van der Waals surface area contributed by atoms with Gasteiger partial charge >= 0.3 is 0 Å². The lowest BCUT2D eigenvalue weighted by Crippen LogP contribution is -2.32. The highest BCUT2D eigenvalue weighted by atomic mass is 127. The average molecular weight is 536 g/mol. The molecule has 2 heterocycles. The van der Waals surface area contributed by atoms with E-state index in [-0.39, 0.29) is 30.1 Å². The molecule has 0 radical (unpaired) electrons. The lowest BCUT2D eigenvalue weighted by atomic mass is 10.2. The number of rotatable bonds is 9. The van der Waals surface area contributed by atoms with Crippen LogP contribution in [-0.4, -0.2) is 30.7 Å². The van der Waals surface area contributed by atoms with Crippen molar-refractivity contribution in [2.75, 3.05) is 19.0 Å². The highest BCUT2D eigenvalue weighted by Crippen LogP contribution is 2.17. The fourth-order valence-corrected chi connectivity index (χ4v) is 2.76. The van der Waals surface area contributed by atoms with E-state index in [2.05, 4.69) is 15.6 Å². The number of halogens is 1. The summed E-state index contributed by atoms with van der Waals surface area (Å²) in [6.07, 6.45) is 4.30. The molecule has 8 heteroatoms. The quantitative estimate of drug-likeness (QED) is 0.230. The Labute approximate surface area is 200 Å². The van der Waals surface area contributed by atoms with Crippen LogP contribution in [0.3, 0.4) is 0 Å². The minimum absolute atomic E-state index is 0. The summed E-state index contributed by atoms with van der Waals surface area (Å²) in [6, 6.07) is 15.5. The number of anilines is 1. The average Bonchev–Trinajstić information content (AvgIpc) is 3.26. The number of aromatic nitrogens is 1. The van der Waals surface area contributed by atoms with E-state index in [4.69, 9.17) is 18.9 Å². The molecule has 2 N–H and O–H groups in total. The van der Waals surface area contributed by atoms with E-state index in [9.17, 15) is 0 Å². The second kappa shape index (κ2) is 12.8. The van der Waals surface area contributed by atoms with E-state index in [0.29, 0.717) is 24.9 Å². The molecule has 31 heavy (non-hydrogen) atoms. The molecule has 0 aliphatic rings. The molecule has 3 aromatic rings. The molecule has 0 atom stereocenters. The Bertz CT molecular complexity index is 928. The van der Waals surface area contributed by atoms with Crippen molar-refractivity contribution in [3.63, 3.8) is 0 Å². The summed E-state index contributed by atoms with van der Waals surface area (Å²) in [4.78, 5) is 8.84. The smallest absolute Gasteiger partial charge is 0.213 e. The van der Waals surface area contributed by atoms with Crippen molar-refractivity contribution >= 4 is 35.6 Å². The summed E-state index contributed by atoms with van der Waals surface area (Å²) >= 11 is 0. The Morgan fingerprint density at radius 1 is 1.16 bits per heavy atom. The molecule has 7 nitrogen and oxygen atoms in total. The van der Waals surface area contributed by atoms with Gasteiger partial charge in [0.2, 0.25) is 5.88 Å². The minimum atomic E-state index is 0. The fraction of sp³-hybridized carbons (Fsp3) is 0.304. The summed E-state index contributed by atoms with van der Waals surface area (Å²) in [5, 5.41) is 6.70. The monoisotopic (exact) mass is 536 g/mol. The highest BCUT2D eigenvalue weighted by molar-refractivity contribution is 14.0. The number of nitrogens with one attached hydrogen (secondary N) is 2. The third-order valence-corrected chi connectivity index (χ3v) is 4.16. The van der Waals surface area contributed by atoms with Crippen molar-refractivity contribution in [3.05, 3.63) is 72.3 Å². The first-order chi connectivity index (χ1) is 14.6. The summed E-state index contributed by atoms with van der Waals surface area (Å²) in [5.41, 5.74) is 1.93. The van der Waals surface area contributed by atoms with Gasteiger partial charge in [-0.25, -0.2) is 9.98 Å². The van der Waals surface area contributed by atoms with Crippen molar-refractivity contribution in [2.45, 2.75) is 32.9 Å². The van der Waals surface area contributed by atoms with Crippen LogP contribution in [0.1, 0.15) is 25.2 Å². The van der Waals surface area contributed by atoms with Gasteiger partial charge < -0.3 is 24.5 Å². The van der Waals surface area contributed by atoms with Crippen molar-refractivity contribution in [3.8, 4) is 11.6 Å². The minimum Gasteiger partial charge on any atom is -0.491 e. The standard InChI is InChI=1S/C23H28N4O3.HI/c1-17(2)30-21-8-6-19(7-9-21)27-23(25-13-11-20-5-4-14-29-20)26-16-18-10-12-24-22(15-18)28-3;/h4-10,12,14-15,17H,11,13,16H2,1-3H3,(H2,25,26,27);1H. The van der Waals surface area contributed by atoms with Gasteiger partial charge in [0.25, 0.3) is 0 Å². The molecule has 2 aromatic heterocycles. The Balaban J connectivity index is 0.00000341. The van der Waals surface area contributed by atoms with Crippen molar-refractivity contribution in [1.29, 1.82) is 0 Å². The van der Waals surface area contributed by atoms with Gasteiger partial charge in [-0.3, -0.25) is 0 Å². The maximum absolute atomic E-state index is 5.71. The van der Waals surface area contributed by atoms with Crippen LogP contribution in [0.2, 0.25) is 0 Å². The number of pyridine rings is 1. The molecular formula is C23H29IN4O3. The van der Waals surface area contributed by atoms with Gasteiger partial charge in [0.1, 0.15) is 11.5 Å². The van der Waals surface area contributed by atoms with E-state index in [1.165, 1.54) is 0 Å². The van der Waals surface area contributed by atoms with Gasteiger partial charge in [-0.15, -0.1) is 24.0 Å². The SMILES string of the molecule is COc1cc(CN=C(NCCc2ccco2)Nc2ccc(OC(C)C)cc2)ccn1.I. The molecule has 1 aromatic carbocycles. The Morgan fingerprint density at radius 3 is 2.65 bits per heavy atom. The van der Waals surface area contributed by atoms with Gasteiger partial charge in [-0.05, 0) is 61.9 Å². The van der Waals surface area contributed by atoms with Crippen molar-refractivity contribution in [2.24, 2.45) is 4.99 Å². The second-order valence-corrected chi connectivity index (χ2v) is 6.94. The summed E-state index contributed by atoms with van der Waals surface area (Å²) < 4.78 is 16.3. The second-order valence-electron chi connectivity index (χ2n) is 6.94. The van der Waals surface area contributed by atoms with E-state index >= 15 is 0 Å². The number of hydrogen-bond acceptors (Lipinski definition) is 5. The first-order valence-electron chi connectivity index (χ1n) is 9.96. The lowest BCUT2D eigenvalue weighted by Gasteiger charge is -2.14. The van der Waals surface area contributed by atoms with E-state index in [1.54, 1.807) is 19.6 Å². The molecule has 0 aliphatic heterocycles. The van der Waals surface area contributed by atoms with Crippen molar-refractivity contribution < 1.29 is 13.9 Å².